The lowest BCUT2D eigenvalue weighted by Gasteiger charge is -2.17. The normalized spacial score (nSPS) is 18.7. The number of likely N-dealkylation sites (tertiary alicyclic amines) is 1. The van der Waals surface area contributed by atoms with Crippen LogP contribution in [0.1, 0.15) is 57.0 Å². The third kappa shape index (κ3) is 4.13. The van der Waals surface area contributed by atoms with Gasteiger partial charge in [-0.05, 0) is 60.3 Å². The van der Waals surface area contributed by atoms with Gasteiger partial charge in [-0.3, -0.25) is 9.59 Å². The summed E-state index contributed by atoms with van der Waals surface area (Å²) < 4.78 is 5.63. The number of aryl methyl sites for hydroxylation is 1. The van der Waals surface area contributed by atoms with Gasteiger partial charge in [0.1, 0.15) is 5.75 Å². The fraction of sp³-hybridized carbons (Fsp3) is 0.333. The average Bonchev–Trinajstić information content (AvgIpc) is 3.26. The monoisotopic (exact) mass is 413 g/mol. The fourth-order valence-electron chi connectivity index (χ4n) is 4.73. The average molecular weight is 414 g/mol. The summed E-state index contributed by atoms with van der Waals surface area (Å²) in [6, 6.07) is 18.4. The Labute approximate surface area is 182 Å². The Kier molecular flexibility index (Phi) is 5.33. The van der Waals surface area contributed by atoms with Crippen molar-refractivity contribution < 1.29 is 14.3 Å². The molecule has 0 aliphatic carbocycles. The number of ketones is 2. The van der Waals surface area contributed by atoms with Gasteiger partial charge in [-0.25, -0.2) is 0 Å². The van der Waals surface area contributed by atoms with Gasteiger partial charge in [0.2, 0.25) is 0 Å². The number of Topliss-reactive ketones (excluding diaryl/α,β-unsaturated/α-hetero) is 2. The van der Waals surface area contributed by atoms with Crippen LogP contribution in [-0.4, -0.2) is 42.7 Å². The van der Waals surface area contributed by atoms with Gasteiger partial charge in [-0.2, -0.15) is 0 Å². The number of nitrogens with zero attached hydrogens (tertiary/aromatic N) is 1. The molecule has 4 nitrogen and oxygen atoms in total. The van der Waals surface area contributed by atoms with Crippen LogP contribution in [-0.2, 0) is 0 Å². The maximum absolute atomic E-state index is 12.9. The number of carbonyl (C=O) groups is 2. The zero-order valence-corrected chi connectivity index (χ0v) is 17.9. The van der Waals surface area contributed by atoms with E-state index in [0.717, 1.165) is 36.8 Å². The molecule has 158 valence electrons. The summed E-state index contributed by atoms with van der Waals surface area (Å²) in [6.45, 7) is 5.40. The Morgan fingerprint density at radius 3 is 2.74 bits per heavy atom. The lowest BCUT2D eigenvalue weighted by Crippen LogP contribution is -2.23. The van der Waals surface area contributed by atoms with Crippen LogP contribution in [0.15, 0.2) is 54.6 Å². The Hall–Kier alpha value is -2.98. The van der Waals surface area contributed by atoms with Crippen LogP contribution in [0.5, 0.6) is 5.75 Å². The highest BCUT2D eigenvalue weighted by Gasteiger charge is 2.24. The van der Waals surface area contributed by atoms with Crippen molar-refractivity contribution in [3.8, 4) is 5.75 Å². The first kappa shape index (κ1) is 20.0. The molecule has 1 unspecified atom stereocenters. The highest BCUT2D eigenvalue weighted by atomic mass is 16.5. The second-order valence-electron chi connectivity index (χ2n) is 8.80. The molecule has 2 heterocycles. The number of carbonyl (C=O) groups excluding carboxylic acids is 2. The van der Waals surface area contributed by atoms with Gasteiger partial charge in [0.05, 0.1) is 12.2 Å². The SMILES string of the molecule is Cc1ccc(C2CCN(CCC(=O)c3ccc4cc5c(cc4c3)C(=O)CCO5)C2)cc1. The molecule has 2 aliphatic heterocycles. The van der Waals surface area contributed by atoms with Crippen molar-refractivity contribution in [3.63, 3.8) is 0 Å². The molecule has 0 radical (unpaired) electrons. The Morgan fingerprint density at radius 1 is 1.06 bits per heavy atom. The maximum atomic E-state index is 12.9. The van der Waals surface area contributed by atoms with E-state index >= 15 is 0 Å². The molecule has 0 N–H and O–H groups in total. The van der Waals surface area contributed by atoms with E-state index in [-0.39, 0.29) is 11.6 Å². The van der Waals surface area contributed by atoms with Crippen LogP contribution < -0.4 is 4.74 Å². The van der Waals surface area contributed by atoms with Gasteiger partial charge in [-0.1, -0.05) is 42.0 Å². The number of fused-ring (bicyclic) bond motifs is 2. The van der Waals surface area contributed by atoms with Gasteiger partial charge >= 0.3 is 0 Å². The van der Waals surface area contributed by atoms with Gasteiger partial charge in [0.15, 0.2) is 11.6 Å². The molecule has 2 aliphatic rings. The summed E-state index contributed by atoms with van der Waals surface area (Å²) in [6.07, 6.45) is 2.07. The molecule has 0 amide bonds. The van der Waals surface area contributed by atoms with E-state index in [1.54, 1.807) is 0 Å². The summed E-state index contributed by atoms with van der Waals surface area (Å²) in [5.41, 5.74) is 4.03. The van der Waals surface area contributed by atoms with E-state index in [4.69, 9.17) is 4.74 Å². The molecule has 5 rings (SSSR count). The zero-order chi connectivity index (χ0) is 21.4. The van der Waals surface area contributed by atoms with Gasteiger partial charge < -0.3 is 9.64 Å². The topological polar surface area (TPSA) is 46.6 Å². The first-order chi connectivity index (χ1) is 15.1. The fourth-order valence-corrected chi connectivity index (χ4v) is 4.73. The molecule has 3 aromatic carbocycles. The first-order valence-corrected chi connectivity index (χ1v) is 11.1. The minimum atomic E-state index is 0.108. The number of ether oxygens (including phenoxy) is 1. The molecule has 0 spiro atoms. The number of hydrogen-bond acceptors (Lipinski definition) is 4. The van der Waals surface area contributed by atoms with E-state index in [0.29, 0.717) is 42.2 Å². The quantitative estimate of drug-likeness (QED) is 0.541. The van der Waals surface area contributed by atoms with Crippen LogP contribution in [0.4, 0.5) is 0 Å². The van der Waals surface area contributed by atoms with Crippen molar-refractivity contribution in [1.29, 1.82) is 0 Å². The Bertz CT molecular complexity index is 1150. The second kappa shape index (κ2) is 8.27. The molecular formula is C27H27NO3. The van der Waals surface area contributed by atoms with Crippen LogP contribution in [0.3, 0.4) is 0 Å². The van der Waals surface area contributed by atoms with Crippen LogP contribution in [0.25, 0.3) is 10.8 Å². The Morgan fingerprint density at radius 2 is 1.90 bits per heavy atom. The summed E-state index contributed by atoms with van der Waals surface area (Å²) in [4.78, 5) is 27.5. The molecule has 1 saturated heterocycles. The highest BCUT2D eigenvalue weighted by molar-refractivity contribution is 6.05. The predicted octanol–water partition coefficient (Wildman–Crippen LogP) is 5.18. The smallest absolute Gasteiger partial charge is 0.170 e. The van der Waals surface area contributed by atoms with Gasteiger partial charge in [0.25, 0.3) is 0 Å². The molecule has 0 aromatic heterocycles. The van der Waals surface area contributed by atoms with Crippen molar-refractivity contribution in [3.05, 3.63) is 76.9 Å². The van der Waals surface area contributed by atoms with Crippen molar-refractivity contribution in [1.82, 2.24) is 4.90 Å². The highest BCUT2D eigenvalue weighted by Crippen LogP contribution is 2.31. The van der Waals surface area contributed by atoms with E-state index in [1.165, 1.54) is 11.1 Å². The summed E-state index contributed by atoms with van der Waals surface area (Å²) in [5.74, 6) is 1.47. The third-order valence-corrected chi connectivity index (χ3v) is 6.62. The van der Waals surface area contributed by atoms with Crippen molar-refractivity contribution in [2.24, 2.45) is 0 Å². The minimum absolute atomic E-state index is 0.108. The number of rotatable bonds is 5. The standard InChI is InChI=1S/C27H27NO3/c1-18-2-4-19(5-3-18)22-8-11-28(17-22)12-9-25(29)21-7-6-20-16-27-24(15-23(20)14-21)26(30)10-13-31-27/h2-7,14-16,22H,8-13,17H2,1H3. The van der Waals surface area contributed by atoms with E-state index in [1.807, 2.05) is 30.3 Å². The molecule has 31 heavy (non-hydrogen) atoms. The molecular weight excluding hydrogens is 386 g/mol. The molecule has 1 fully saturated rings. The number of benzene rings is 3. The summed E-state index contributed by atoms with van der Waals surface area (Å²) in [5, 5.41) is 1.91. The molecule has 3 aromatic rings. The van der Waals surface area contributed by atoms with Crippen LogP contribution in [0.2, 0.25) is 0 Å². The summed E-state index contributed by atoms with van der Waals surface area (Å²) >= 11 is 0. The number of hydrogen-bond donors (Lipinski definition) is 0. The Balaban J connectivity index is 1.24. The van der Waals surface area contributed by atoms with E-state index < -0.39 is 0 Å². The van der Waals surface area contributed by atoms with Gasteiger partial charge in [-0.15, -0.1) is 0 Å². The zero-order valence-electron chi connectivity index (χ0n) is 17.9. The van der Waals surface area contributed by atoms with E-state index in [2.05, 4.69) is 36.1 Å². The lowest BCUT2D eigenvalue weighted by atomic mass is 9.97. The van der Waals surface area contributed by atoms with Crippen molar-refractivity contribution in [2.75, 3.05) is 26.2 Å². The van der Waals surface area contributed by atoms with Crippen molar-refractivity contribution >= 4 is 22.3 Å². The van der Waals surface area contributed by atoms with Crippen molar-refractivity contribution in [2.45, 2.75) is 32.1 Å². The lowest BCUT2D eigenvalue weighted by molar-refractivity contribution is 0.0932. The largest absolute Gasteiger partial charge is 0.492 e. The van der Waals surface area contributed by atoms with Crippen LogP contribution in [0, 0.1) is 6.92 Å². The first-order valence-electron chi connectivity index (χ1n) is 11.1. The molecule has 1 atom stereocenters. The molecule has 0 bridgehead atoms. The predicted molar refractivity (Wildman–Crippen MR) is 122 cm³/mol. The molecule has 0 saturated carbocycles. The van der Waals surface area contributed by atoms with Gasteiger partial charge in [0, 0.05) is 31.5 Å². The maximum Gasteiger partial charge on any atom is 0.170 e. The second-order valence-corrected chi connectivity index (χ2v) is 8.80. The summed E-state index contributed by atoms with van der Waals surface area (Å²) in [7, 11) is 0. The third-order valence-electron chi connectivity index (χ3n) is 6.62. The van der Waals surface area contributed by atoms with Crippen LogP contribution >= 0.6 is 0 Å². The minimum Gasteiger partial charge on any atom is -0.492 e. The molecule has 4 heteroatoms. The van der Waals surface area contributed by atoms with E-state index in [9.17, 15) is 9.59 Å².